The Bertz CT molecular complexity index is 1640. The van der Waals surface area contributed by atoms with E-state index >= 15 is 0 Å². The minimum absolute atomic E-state index is 0.0250. The Balaban J connectivity index is 1.06. The van der Waals surface area contributed by atoms with Gasteiger partial charge < -0.3 is 15.4 Å². The monoisotopic (exact) mass is 551 g/mol. The summed E-state index contributed by atoms with van der Waals surface area (Å²) in [6.07, 6.45) is 0. The van der Waals surface area contributed by atoms with Gasteiger partial charge in [0.15, 0.2) is 0 Å². The molecule has 7 nitrogen and oxygen atoms in total. The molecule has 4 aromatic carbocycles. The molecule has 0 spiro atoms. The van der Waals surface area contributed by atoms with E-state index in [9.17, 15) is 13.6 Å². The molecule has 0 aliphatic carbocycles. The average molecular weight is 552 g/mol. The standard InChI is InChI=1S/C32H27F2N5O2/c33-31(34)41-26-16-14-24(15-17-26)35-32(40)36-25-19-39(20-25)18-21-10-12-23(13-11-21)30-29(22-6-2-1-3-7-22)37-27-8-4-5-9-28(27)38-30/h1-17,25,31H,18-20H2,(H2,35,36,40). The summed E-state index contributed by atoms with van der Waals surface area (Å²) in [5.41, 5.74) is 7.09. The van der Waals surface area contributed by atoms with Crippen molar-refractivity contribution in [2.45, 2.75) is 19.2 Å². The van der Waals surface area contributed by atoms with Crippen molar-refractivity contribution in [3.8, 4) is 28.3 Å². The number of nitrogens with zero attached hydrogens (tertiary/aromatic N) is 3. The first-order valence-electron chi connectivity index (χ1n) is 13.3. The fourth-order valence-corrected chi connectivity index (χ4v) is 4.89. The SMILES string of the molecule is O=C(Nc1ccc(OC(F)F)cc1)NC1CN(Cc2ccc(-c3nc4ccccc4nc3-c3ccccc3)cc2)C1. The van der Waals surface area contributed by atoms with E-state index in [0.29, 0.717) is 5.69 Å². The summed E-state index contributed by atoms with van der Waals surface area (Å²) in [7, 11) is 0. The maximum absolute atomic E-state index is 12.3. The van der Waals surface area contributed by atoms with E-state index in [1.54, 1.807) is 0 Å². The lowest BCUT2D eigenvalue weighted by Crippen LogP contribution is -2.59. The van der Waals surface area contributed by atoms with Gasteiger partial charge in [0.25, 0.3) is 0 Å². The molecule has 2 N–H and O–H groups in total. The van der Waals surface area contributed by atoms with Gasteiger partial charge in [-0.2, -0.15) is 8.78 Å². The Morgan fingerprint density at radius 1 is 0.805 bits per heavy atom. The van der Waals surface area contributed by atoms with Crippen LogP contribution < -0.4 is 15.4 Å². The van der Waals surface area contributed by atoms with E-state index in [2.05, 4.69) is 44.5 Å². The van der Waals surface area contributed by atoms with Crippen molar-refractivity contribution in [3.63, 3.8) is 0 Å². The molecule has 1 aromatic heterocycles. The van der Waals surface area contributed by atoms with E-state index in [-0.39, 0.29) is 17.8 Å². The number of aromatic nitrogens is 2. The van der Waals surface area contributed by atoms with Crippen molar-refractivity contribution in [2.75, 3.05) is 18.4 Å². The van der Waals surface area contributed by atoms with Crippen LogP contribution in [0.25, 0.3) is 33.5 Å². The lowest BCUT2D eigenvalue weighted by atomic mass is 10.0. The van der Waals surface area contributed by atoms with Crippen LogP contribution in [-0.4, -0.2) is 46.6 Å². The first-order chi connectivity index (χ1) is 20.0. The molecule has 0 saturated carbocycles. The van der Waals surface area contributed by atoms with Crippen LogP contribution in [-0.2, 0) is 6.54 Å². The molecular weight excluding hydrogens is 524 g/mol. The summed E-state index contributed by atoms with van der Waals surface area (Å²) >= 11 is 0. The number of nitrogens with one attached hydrogen (secondary N) is 2. The zero-order valence-electron chi connectivity index (χ0n) is 22.0. The quantitative estimate of drug-likeness (QED) is 0.228. The summed E-state index contributed by atoms with van der Waals surface area (Å²) in [5, 5.41) is 5.65. The minimum atomic E-state index is -2.89. The molecule has 2 amide bonds. The topological polar surface area (TPSA) is 79.4 Å². The second-order valence-corrected chi connectivity index (χ2v) is 9.86. The number of anilines is 1. The molecule has 1 fully saturated rings. The predicted molar refractivity (Wildman–Crippen MR) is 155 cm³/mol. The number of likely N-dealkylation sites (tertiary alicyclic amines) is 1. The third-order valence-electron chi connectivity index (χ3n) is 6.88. The number of alkyl halides is 2. The fourth-order valence-electron chi connectivity index (χ4n) is 4.89. The number of ether oxygens (including phenoxy) is 1. The zero-order valence-corrected chi connectivity index (χ0v) is 22.0. The van der Waals surface area contributed by atoms with Crippen LogP contribution >= 0.6 is 0 Å². The van der Waals surface area contributed by atoms with Gasteiger partial charge in [-0.05, 0) is 42.0 Å². The second-order valence-electron chi connectivity index (χ2n) is 9.86. The molecule has 6 rings (SSSR count). The molecule has 9 heteroatoms. The molecule has 0 bridgehead atoms. The molecule has 0 radical (unpaired) electrons. The molecule has 1 aliphatic heterocycles. The number of hydrogen-bond donors (Lipinski definition) is 2. The lowest BCUT2D eigenvalue weighted by molar-refractivity contribution is -0.0498. The maximum atomic E-state index is 12.3. The number of hydrogen-bond acceptors (Lipinski definition) is 5. The third-order valence-corrected chi connectivity index (χ3v) is 6.88. The van der Waals surface area contributed by atoms with Gasteiger partial charge in [-0.15, -0.1) is 0 Å². The van der Waals surface area contributed by atoms with Gasteiger partial charge in [-0.25, -0.2) is 14.8 Å². The van der Waals surface area contributed by atoms with Gasteiger partial charge >= 0.3 is 12.6 Å². The van der Waals surface area contributed by atoms with E-state index in [1.807, 2.05) is 54.6 Å². The number of halogens is 2. The van der Waals surface area contributed by atoms with Crippen molar-refractivity contribution in [1.82, 2.24) is 20.2 Å². The van der Waals surface area contributed by atoms with Crippen molar-refractivity contribution < 1.29 is 18.3 Å². The largest absolute Gasteiger partial charge is 0.435 e. The van der Waals surface area contributed by atoms with Crippen molar-refractivity contribution in [2.24, 2.45) is 0 Å². The van der Waals surface area contributed by atoms with Gasteiger partial charge in [-0.3, -0.25) is 4.90 Å². The van der Waals surface area contributed by atoms with E-state index in [1.165, 1.54) is 24.3 Å². The van der Waals surface area contributed by atoms with E-state index < -0.39 is 6.61 Å². The first kappa shape index (κ1) is 26.3. The number of carbonyl (C=O) groups excluding carboxylic acids is 1. The number of para-hydroxylation sites is 2. The average Bonchev–Trinajstić information content (AvgIpc) is 2.97. The van der Waals surface area contributed by atoms with Crippen LogP contribution in [0.4, 0.5) is 19.3 Å². The molecular formula is C32H27F2N5O2. The normalized spacial score (nSPS) is 13.6. The Labute approximate surface area is 235 Å². The number of fused-ring (bicyclic) bond motifs is 1. The molecule has 0 atom stereocenters. The summed E-state index contributed by atoms with van der Waals surface area (Å²) in [6.45, 7) is -0.668. The number of amides is 2. The minimum Gasteiger partial charge on any atom is -0.435 e. The fraction of sp³-hybridized carbons (Fsp3) is 0.156. The highest BCUT2D eigenvalue weighted by Crippen LogP contribution is 2.31. The van der Waals surface area contributed by atoms with Crippen LogP contribution in [0.1, 0.15) is 5.56 Å². The molecule has 1 aliphatic rings. The smallest absolute Gasteiger partial charge is 0.387 e. The van der Waals surface area contributed by atoms with Crippen molar-refractivity contribution >= 4 is 22.8 Å². The molecule has 0 unspecified atom stereocenters. The van der Waals surface area contributed by atoms with Gasteiger partial charge in [0.2, 0.25) is 0 Å². The summed E-state index contributed by atoms with van der Waals surface area (Å²) in [6, 6.07) is 31.8. The highest BCUT2D eigenvalue weighted by Gasteiger charge is 2.28. The van der Waals surface area contributed by atoms with Crippen LogP contribution in [0, 0.1) is 0 Å². The van der Waals surface area contributed by atoms with Gasteiger partial charge in [0.05, 0.1) is 28.5 Å². The lowest BCUT2D eigenvalue weighted by Gasteiger charge is -2.39. The predicted octanol–water partition coefficient (Wildman–Crippen LogP) is 6.57. The van der Waals surface area contributed by atoms with Crippen LogP contribution in [0.2, 0.25) is 0 Å². The van der Waals surface area contributed by atoms with E-state index in [0.717, 1.165) is 58.7 Å². The van der Waals surface area contributed by atoms with Gasteiger partial charge in [0.1, 0.15) is 5.75 Å². The Morgan fingerprint density at radius 2 is 1.39 bits per heavy atom. The second kappa shape index (κ2) is 11.7. The van der Waals surface area contributed by atoms with Gasteiger partial charge in [0, 0.05) is 36.4 Å². The summed E-state index contributed by atoms with van der Waals surface area (Å²) < 4.78 is 28.9. The van der Waals surface area contributed by atoms with Crippen molar-refractivity contribution in [1.29, 1.82) is 0 Å². The number of benzene rings is 4. The third kappa shape index (κ3) is 6.31. The molecule has 41 heavy (non-hydrogen) atoms. The maximum Gasteiger partial charge on any atom is 0.387 e. The Morgan fingerprint density at radius 3 is 2.00 bits per heavy atom. The Hall–Kier alpha value is -4.89. The van der Waals surface area contributed by atoms with Crippen LogP contribution in [0.3, 0.4) is 0 Å². The van der Waals surface area contributed by atoms with Crippen LogP contribution in [0.5, 0.6) is 5.75 Å². The number of urea groups is 1. The Kier molecular flexibility index (Phi) is 7.51. The first-order valence-corrected chi connectivity index (χ1v) is 13.3. The molecule has 1 saturated heterocycles. The van der Waals surface area contributed by atoms with Gasteiger partial charge in [-0.1, -0.05) is 66.7 Å². The molecule has 206 valence electrons. The summed E-state index contributed by atoms with van der Waals surface area (Å²) in [5.74, 6) is 0.0375. The number of rotatable bonds is 8. The highest BCUT2D eigenvalue weighted by atomic mass is 19.3. The molecule has 2 heterocycles. The zero-order chi connectivity index (χ0) is 28.2. The van der Waals surface area contributed by atoms with E-state index in [4.69, 9.17) is 9.97 Å². The number of carbonyl (C=O) groups is 1. The summed E-state index contributed by atoms with van der Waals surface area (Å²) in [4.78, 5) is 24.5. The molecule has 5 aromatic rings. The van der Waals surface area contributed by atoms with Crippen molar-refractivity contribution in [3.05, 3.63) is 109 Å². The highest BCUT2D eigenvalue weighted by molar-refractivity contribution is 5.89. The van der Waals surface area contributed by atoms with Crippen LogP contribution in [0.15, 0.2) is 103 Å².